The number of ether oxygens (including phenoxy) is 1. The molecule has 0 unspecified atom stereocenters. The SMILES string of the molecule is CCOc1ccc(N)c(S(=O)(=O)CCCO)c1. The lowest BCUT2D eigenvalue weighted by Crippen LogP contribution is -2.11. The van der Waals surface area contributed by atoms with E-state index in [2.05, 4.69) is 0 Å². The van der Waals surface area contributed by atoms with Crippen LogP contribution < -0.4 is 10.5 Å². The molecule has 1 rings (SSSR count). The summed E-state index contributed by atoms with van der Waals surface area (Å²) in [5, 5.41) is 8.66. The molecule has 0 heterocycles. The van der Waals surface area contributed by atoms with Gasteiger partial charge in [0.2, 0.25) is 0 Å². The molecule has 96 valence electrons. The molecule has 0 aliphatic rings. The molecule has 3 N–H and O–H groups in total. The minimum Gasteiger partial charge on any atom is -0.494 e. The van der Waals surface area contributed by atoms with Gasteiger partial charge in [0.15, 0.2) is 9.84 Å². The number of benzene rings is 1. The van der Waals surface area contributed by atoms with Crippen LogP contribution in [0.15, 0.2) is 23.1 Å². The van der Waals surface area contributed by atoms with Gasteiger partial charge in [0, 0.05) is 12.7 Å². The molecule has 0 bridgehead atoms. The van der Waals surface area contributed by atoms with Gasteiger partial charge in [0.05, 0.1) is 22.9 Å². The van der Waals surface area contributed by atoms with Gasteiger partial charge in [-0.2, -0.15) is 0 Å². The van der Waals surface area contributed by atoms with Crippen molar-refractivity contribution in [3.8, 4) is 5.75 Å². The fourth-order valence-corrected chi connectivity index (χ4v) is 2.86. The summed E-state index contributed by atoms with van der Waals surface area (Å²) in [7, 11) is -3.46. The van der Waals surface area contributed by atoms with E-state index in [1.165, 1.54) is 12.1 Å². The highest BCUT2D eigenvalue weighted by Gasteiger charge is 2.18. The zero-order valence-corrected chi connectivity index (χ0v) is 10.5. The number of hydrogen-bond donors (Lipinski definition) is 2. The minimum absolute atomic E-state index is 0.0666. The second kappa shape index (κ2) is 5.88. The normalized spacial score (nSPS) is 11.4. The van der Waals surface area contributed by atoms with Gasteiger partial charge in [-0.25, -0.2) is 8.42 Å². The Labute approximate surface area is 101 Å². The monoisotopic (exact) mass is 259 g/mol. The van der Waals surface area contributed by atoms with Gasteiger partial charge in [-0.05, 0) is 25.5 Å². The van der Waals surface area contributed by atoms with E-state index in [9.17, 15) is 8.42 Å². The van der Waals surface area contributed by atoms with Crippen molar-refractivity contribution in [3.63, 3.8) is 0 Å². The fourth-order valence-electron chi connectivity index (χ4n) is 1.41. The summed E-state index contributed by atoms with van der Waals surface area (Å²) in [4.78, 5) is 0.0666. The number of sulfone groups is 1. The Morgan fingerprint density at radius 1 is 1.41 bits per heavy atom. The van der Waals surface area contributed by atoms with Crippen LogP contribution in [0.5, 0.6) is 5.75 Å². The predicted molar refractivity (Wildman–Crippen MR) is 65.8 cm³/mol. The lowest BCUT2D eigenvalue weighted by molar-refractivity contribution is 0.295. The largest absolute Gasteiger partial charge is 0.494 e. The van der Waals surface area contributed by atoms with Crippen LogP contribution in [0.2, 0.25) is 0 Å². The smallest absolute Gasteiger partial charge is 0.180 e. The fraction of sp³-hybridized carbons (Fsp3) is 0.455. The summed E-state index contributed by atoms with van der Waals surface area (Å²) in [6.45, 7) is 2.11. The molecule has 0 aromatic heterocycles. The molecule has 1 aromatic rings. The van der Waals surface area contributed by atoms with Gasteiger partial charge in [-0.1, -0.05) is 0 Å². The molecule has 0 amide bonds. The molecule has 0 saturated heterocycles. The topological polar surface area (TPSA) is 89.6 Å². The molecule has 0 fully saturated rings. The number of aliphatic hydroxyl groups is 1. The number of nitrogens with two attached hydrogens (primary N) is 1. The molecule has 0 radical (unpaired) electrons. The molecule has 5 nitrogen and oxygen atoms in total. The first kappa shape index (κ1) is 13.8. The molecule has 0 atom stereocenters. The molecule has 0 aliphatic carbocycles. The van der Waals surface area contributed by atoms with Crippen molar-refractivity contribution in [1.82, 2.24) is 0 Å². The second-order valence-corrected chi connectivity index (χ2v) is 5.61. The quantitative estimate of drug-likeness (QED) is 0.738. The highest BCUT2D eigenvalue weighted by molar-refractivity contribution is 7.91. The number of anilines is 1. The molecular formula is C11H17NO4S. The number of aliphatic hydroxyl groups excluding tert-OH is 1. The van der Waals surface area contributed by atoms with Crippen LogP contribution in [0.1, 0.15) is 13.3 Å². The summed E-state index contributed by atoms with van der Waals surface area (Å²) in [5.41, 5.74) is 5.85. The van der Waals surface area contributed by atoms with E-state index in [-0.39, 0.29) is 29.4 Å². The average molecular weight is 259 g/mol. The van der Waals surface area contributed by atoms with E-state index in [1.54, 1.807) is 6.07 Å². The van der Waals surface area contributed by atoms with Crippen LogP contribution in [0.4, 0.5) is 5.69 Å². The maximum absolute atomic E-state index is 11.9. The maximum atomic E-state index is 11.9. The highest BCUT2D eigenvalue weighted by Crippen LogP contribution is 2.25. The Kier molecular flexibility index (Phi) is 4.77. The Balaban J connectivity index is 3.07. The Morgan fingerprint density at radius 3 is 2.71 bits per heavy atom. The van der Waals surface area contributed by atoms with E-state index in [1.807, 2.05) is 6.92 Å². The van der Waals surface area contributed by atoms with Gasteiger partial charge in [-0.15, -0.1) is 0 Å². The lowest BCUT2D eigenvalue weighted by atomic mass is 10.3. The summed E-state index contributed by atoms with van der Waals surface area (Å²) in [5.74, 6) is 0.354. The van der Waals surface area contributed by atoms with Crippen LogP contribution in [-0.2, 0) is 9.84 Å². The summed E-state index contributed by atoms with van der Waals surface area (Å²) < 4.78 is 29.1. The minimum atomic E-state index is -3.46. The van der Waals surface area contributed by atoms with Gasteiger partial charge in [0.25, 0.3) is 0 Å². The van der Waals surface area contributed by atoms with Crippen LogP contribution in [0, 0.1) is 0 Å². The summed E-state index contributed by atoms with van der Waals surface area (Å²) in [6.07, 6.45) is 0.195. The van der Waals surface area contributed by atoms with Crippen LogP contribution >= 0.6 is 0 Å². The zero-order chi connectivity index (χ0) is 12.9. The van der Waals surface area contributed by atoms with Crippen molar-refractivity contribution in [1.29, 1.82) is 0 Å². The number of hydrogen-bond acceptors (Lipinski definition) is 5. The van der Waals surface area contributed by atoms with Crippen LogP contribution in [-0.4, -0.2) is 32.5 Å². The third-order valence-electron chi connectivity index (χ3n) is 2.20. The van der Waals surface area contributed by atoms with E-state index in [4.69, 9.17) is 15.6 Å². The lowest BCUT2D eigenvalue weighted by Gasteiger charge is -2.09. The first-order valence-corrected chi connectivity index (χ1v) is 7.02. The van der Waals surface area contributed by atoms with Crippen molar-refractivity contribution >= 4 is 15.5 Å². The molecule has 0 aliphatic heterocycles. The average Bonchev–Trinajstić information content (AvgIpc) is 2.29. The third-order valence-corrected chi connectivity index (χ3v) is 4.05. The Morgan fingerprint density at radius 2 is 2.12 bits per heavy atom. The van der Waals surface area contributed by atoms with Crippen molar-refractivity contribution in [3.05, 3.63) is 18.2 Å². The molecule has 6 heteroatoms. The third kappa shape index (κ3) is 3.61. The molecular weight excluding hydrogens is 242 g/mol. The molecule has 1 aromatic carbocycles. The molecule has 0 saturated carbocycles. The van der Waals surface area contributed by atoms with Gasteiger partial charge >= 0.3 is 0 Å². The van der Waals surface area contributed by atoms with Gasteiger partial charge in [0.1, 0.15) is 5.75 Å². The number of rotatable bonds is 6. The van der Waals surface area contributed by atoms with Crippen LogP contribution in [0.25, 0.3) is 0 Å². The summed E-state index contributed by atoms with van der Waals surface area (Å²) >= 11 is 0. The van der Waals surface area contributed by atoms with E-state index < -0.39 is 9.84 Å². The molecule has 0 spiro atoms. The van der Waals surface area contributed by atoms with E-state index in [0.29, 0.717) is 12.4 Å². The van der Waals surface area contributed by atoms with Crippen molar-refractivity contribution in [2.45, 2.75) is 18.2 Å². The second-order valence-electron chi connectivity index (χ2n) is 3.53. The van der Waals surface area contributed by atoms with Crippen LogP contribution in [0.3, 0.4) is 0 Å². The predicted octanol–water partition coefficient (Wildman–Crippen LogP) is 0.824. The maximum Gasteiger partial charge on any atom is 0.180 e. The molecule has 17 heavy (non-hydrogen) atoms. The Hall–Kier alpha value is -1.27. The van der Waals surface area contributed by atoms with Crippen molar-refractivity contribution in [2.24, 2.45) is 0 Å². The van der Waals surface area contributed by atoms with Gasteiger partial charge < -0.3 is 15.6 Å². The highest BCUT2D eigenvalue weighted by atomic mass is 32.2. The first-order chi connectivity index (χ1) is 8.01. The van der Waals surface area contributed by atoms with Crippen molar-refractivity contribution in [2.75, 3.05) is 24.7 Å². The summed E-state index contributed by atoms with van der Waals surface area (Å²) in [6, 6.07) is 4.56. The standard InChI is InChI=1S/C11H17NO4S/c1-2-16-9-4-5-10(12)11(8-9)17(14,15)7-3-6-13/h4-5,8,13H,2-3,6-7,12H2,1H3. The van der Waals surface area contributed by atoms with E-state index in [0.717, 1.165) is 0 Å². The first-order valence-electron chi connectivity index (χ1n) is 5.37. The van der Waals surface area contributed by atoms with Crippen molar-refractivity contribution < 1.29 is 18.3 Å². The van der Waals surface area contributed by atoms with Gasteiger partial charge in [-0.3, -0.25) is 0 Å². The zero-order valence-electron chi connectivity index (χ0n) is 9.72. The Bertz CT molecular complexity index is 470. The number of nitrogen functional groups attached to an aromatic ring is 1. The van der Waals surface area contributed by atoms with E-state index >= 15 is 0 Å².